The number of methoxy groups -OCH3 is 3. The molecule has 4 rings (SSSR count). The topological polar surface area (TPSA) is 75.3 Å². The number of benzene rings is 2. The number of carbonyl (C=O) groups excluding carboxylic acids is 1. The molecule has 0 atom stereocenters. The third-order valence-corrected chi connectivity index (χ3v) is 4.80. The molecule has 0 saturated heterocycles. The van der Waals surface area contributed by atoms with Crippen LogP contribution in [0.15, 0.2) is 18.2 Å². The Morgan fingerprint density at radius 2 is 1.67 bits per heavy atom. The van der Waals surface area contributed by atoms with Gasteiger partial charge in [0.25, 0.3) is 5.91 Å². The van der Waals surface area contributed by atoms with Gasteiger partial charge in [-0.3, -0.25) is 4.79 Å². The van der Waals surface area contributed by atoms with E-state index in [0.29, 0.717) is 53.9 Å². The molecule has 0 aromatic heterocycles. The minimum atomic E-state index is -0.246. The Morgan fingerprint density at radius 3 is 2.33 bits per heavy atom. The molecule has 2 heterocycles. The van der Waals surface area contributed by atoms with Crippen molar-refractivity contribution in [2.24, 2.45) is 0 Å². The van der Waals surface area contributed by atoms with E-state index in [1.165, 1.54) is 21.3 Å². The Kier molecular flexibility index (Phi) is 4.43. The summed E-state index contributed by atoms with van der Waals surface area (Å²) in [5.41, 5.74) is 2.98. The number of amides is 1. The Labute approximate surface area is 157 Å². The highest BCUT2D eigenvalue weighted by Gasteiger charge is 2.30. The number of anilines is 1. The average molecular weight is 371 g/mol. The Balaban J connectivity index is 1.72. The highest BCUT2D eigenvalue weighted by molar-refractivity contribution is 6.08. The van der Waals surface area contributed by atoms with Gasteiger partial charge in [0.15, 0.2) is 11.5 Å². The monoisotopic (exact) mass is 371 g/mol. The van der Waals surface area contributed by atoms with E-state index >= 15 is 0 Å². The molecule has 0 spiro atoms. The minimum Gasteiger partial charge on any atom is -0.493 e. The van der Waals surface area contributed by atoms with Gasteiger partial charge in [0, 0.05) is 41.8 Å². The lowest BCUT2D eigenvalue weighted by Crippen LogP contribution is -2.15. The van der Waals surface area contributed by atoms with E-state index in [4.69, 9.17) is 23.7 Å². The maximum atomic E-state index is 13.1. The Bertz CT molecular complexity index is 851. The molecule has 2 aromatic carbocycles. The molecule has 1 amide bonds. The van der Waals surface area contributed by atoms with Crippen LogP contribution >= 0.6 is 0 Å². The molecular formula is C20H21NO6. The van der Waals surface area contributed by atoms with Gasteiger partial charge in [0.05, 0.1) is 40.1 Å². The smallest absolute Gasteiger partial charge is 0.259 e. The van der Waals surface area contributed by atoms with Crippen LogP contribution < -0.4 is 29.0 Å². The van der Waals surface area contributed by atoms with Crippen LogP contribution in [0.3, 0.4) is 0 Å². The second-order valence-corrected chi connectivity index (χ2v) is 6.28. The summed E-state index contributed by atoms with van der Waals surface area (Å²) in [7, 11) is 4.60. The van der Waals surface area contributed by atoms with Crippen LogP contribution in [0.4, 0.5) is 5.69 Å². The van der Waals surface area contributed by atoms with Crippen molar-refractivity contribution in [1.29, 1.82) is 0 Å². The number of nitrogens with one attached hydrogen (secondary N) is 1. The van der Waals surface area contributed by atoms with Crippen molar-refractivity contribution in [2.75, 3.05) is 39.9 Å². The third-order valence-electron chi connectivity index (χ3n) is 4.80. The standard InChI is InChI=1S/C20H21NO6/c1-23-15-9-12(10-16(24-2)19(15)25-3)21-20(22)17-13-5-7-26-14(13)8-11-4-6-27-18(11)17/h8-10H,4-7H2,1-3H3,(H,21,22). The molecule has 2 aliphatic heterocycles. The van der Waals surface area contributed by atoms with Crippen LogP contribution in [0.1, 0.15) is 21.5 Å². The van der Waals surface area contributed by atoms with E-state index in [0.717, 1.165) is 23.3 Å². The second-order valence-electron chi connectivity index (χ2n) is 6.28. The van der Waals surface area contributed by atoms with E-state index < -0.39 is 0 Å². The molecule has 1 N–H and O–H groups in total. The van der Waals surface area contributed by atoms with Crippen LogP contribution in [-0.2, 0) is 12.8 Å². The van der Waals surface area contributed by atoms with Crippen LogP contribution in [0.2, 0.25) is 0 Å². The first-order chi connectivity index (χ1) is 13.2. The zero-order valence-corrected chi connectivity index (χ0v) is 15.5. The fourth-order valence-corrected chi connectivity index (χ4v) is 3.57. The summed E-state index contributed by atoms with van der Waals surface area (Å²) in [5.74, 6) is 2.59. The summed E-state index contributed by atoms with van der Waals surface area (Å²) in [6, 6.07) is 5.38. The number of hydrogen-bond acceptors (Lipinski definition) is 6. The number of hydrogen-bond donors (Lipinski definition) is 1. The molecule has 2 aromatic rings. The van der Waals surface area contributed by atoms with Gasteiger partial charge in [-0.1, -0.05) is 0 Å². The van der Waals surface area contributed by atoms with Gasteiger partial charge in [-0.05, 0) is 6.07 Å². The van der Waals surface area contributed by atoms with Gasteiger partial charge in [-0.25, -0.2) is 0 Å². The third kappa shape index (κ3) is 2.89. The molecule has 0 fully saturated rings. The fourth-order valence-electron chi connectivity index (χ4n) is 3.57. The molecule has 142 valence electrons. The highest BCUT2D eigenvalue weighted by atomic mass is 16.5. The van der Waals surface area contributed by atoms with Crippen molar-refractivity contribution in [3.8, 4) is 28.7 Å². The maximum Gasteiger partial charge on any atom is 0.259 e. The van der Waals surface area contributed by atoms with Crippen LogP contribution in [0, 0.1) is 0 Å². The molecule has 0 unspecified atom stereocenters. The van der Waals surface area contributed by atoms with Crippen molar-refractivity contribution >= 4 is 11.6 Å². The normalized spacial score (nSPS) is 13.9. The van der Waals surface area contributed by atoms with E-state index in [9.17, 15) is 4.79 Å². The van der Waals surface area contributed by atoms with Crippen LogP contribution in [-0.4, -0.2) is 40.5 Å². The summed E-state index contributed by atoms with van der Waals surface area (Å²) < 4.78 is 27.5. The number of fused-ring (bicyclic) bond motifs is 2. The van der Waals surface area contributed by atoms with Crippen molar-refractivity contribution in [3.63, 3.8) is 0 Å². The summed E-state index contributed by atoms with van der Waals surface area (Å²) in [6.07, 6.45) is 1.46. The molecule has 0 radical (unpaired) electrons. The molecule has 0 saturated carbocycles. The Hall–Kier alpha value is -3.09. The lowest BCUT2D eigenvalue weighted by atomic mass is 9.99. The van der Waals surface area contributed by atoms with Gasteiger partial charge in [0.1, 0.15) is 11.5 Å². The van der Waals surface area contributed by atoms with E-state index in [2.05, 4.69) is 5.32 Å². The molecule has 7 heteroatoms. The van der Waals surface area contributed by atoms with Crippen LogP contribution in [0.25, 0.3) is 0 Å². The maximum absolute atomic E-state index is 13.1. The van der Waals surface area contributed by atoms with Crippen molar-refractivity contribution < 1.29 is 28.5 Å². The molecular weight excluding hydrogens is 350 g/mol. The van der Waals surface area contributed by atoms with Gasteiger partial charge in [-0.2, -0.15) is 0 Å². The lowest BCUT2D eigenvalue weighted by Gasteiger charge is -2.16. The molecule has 27 heavy (non-hydrogen) atoms. The Morgan fingerprint density at radius 1 is 0.963 bits per heavy atom. The first kappa shape index (κ1) is 17.3. The van der Waals surface area contributed by atoms with Crippen molar-refractivity contribution in [3.05, 3.63) is 34.9 Å². The van der Waals surface area contributed by atoms with E-state index in [1.807, 2.05) is 6.07 Å². The summed E-state index contributed by atoms with van der Waals surface area (Å²) in [4.78, 5) is 13.1. The SMILES string of the molecule is COc1cc(NC(=O)c2c3c(cc4c2OCC4)OCC3)cc(OC)c1OC. The van der Waals surface area contributed by atoms with Gasteiger partial charge in [0.2, 0.25) is 5.75 Å². The highest BCUT2D eigenvalue weighted by Crippen LogP contribution is 2.42. The average Bonchev–Trinajstić information content (AvgIpc) is 3.33. The van der Waals surface area contributed by atoms with Gasteiger partial charge in [-0.15, -0.1) is 0 Å². The quantitative estimate of drug-likeness (QED) is 0.871. The first-order valence-electron chi connectivity index (χ1n) is 8.72. The zero-order valence-electron chi connectivity index (χ0n) is 15.5. The molecule has 7 nitrogen and oxygen atoms in total. The predicted molar refractivity (Wildman–Crippen MR) is 98.9 cm³/mol. The van der Waals surface area contributed by atoms with E-state index in [-0.39, 0.29) is 5.91 Å². The molecule has 0 aliphatic carbocycles. The van der Waals surface area contributed by atoms with E-state index in [1.54, 1.807) is 12.1 Å². The number of rotatable bonds is 5. The first-order valence-corrected chi connectivity index (χ1v) is 8.72. The van der Waals surface area contributed by atoms with Crippen molar-refractivity contribution in [1.82, 2.24) is 0 Å². The van der Waals surface area contributed by atoms with Gasteiger partial charge < -0.3 is 29.0 Å². The number of ether oxygens (including phenoxy) is 5. The zero-order chi connectivity index (χ0) is 19.0. The van der Waals surface area contributed by atoms with Gasteiger partial charge >= 0.3 is 0 Å². The van der Waals surface area contributed by atoms with Crippen LogP contribution in [0.5, 0.6) is 28.7 Å². The summed E-state index contributed by atoms with van der Waals surface area (Å²) in [6.45, 7) is 1.14. The predicted octanol–water partition coefficient (Wildman–Crippen LogP) is 2.83. The summed E-state index contributed by atoms with van der Waals surface area (Å²) >= 11 is 0. The lowest BCUT2D eigenvalue weighted by molar-refractivity contribution is 0.102. The minimum absolute atomic E-state index is 0.246. The second kappa shape index (κ2) is 6.90. The largest absolute Gasteiger partial charge is 0.493 e. The fraction of sp³-hybridized carbons (Fsp3) is 0.350. The molecule has 0 bridgehead atoms. The van der Waals surface area contributed by atoms with Crippen molar-refractivity contribution in [2.45, 2.75) is 12.8 Å². The number of carbonyl (C=O) groups is 1. The summed E-state index contributed by atoms with van der Waals surface area (Å²) in [5, 5.41) is 2.93. The molecule has 2 aliphatic rings.